The molecule has 1 aliphatic rings. The summed E-state index contributed by atoms with van der Waals surface area (Å²) in [5, 5.41) is 9.40. The zero-order chi connectivity index (χ0) is 23.1. The van der Waals surface area contributed by atoms with Crippen molar-refractivity contribution in [3.05, 3.63) is 47.7 Å². The molecule has 0 spiro atoms. The highest BCUT2D eigenvalue weighted by atomic mass is 16.5. The Balaban J connectivity index is 1.53. The second-order valence-corrected chi connectivity index (χ2v) is 8.18. The number of hydrogen-bond donors (Lipinski definition) is 2. The van der Waals surface area contributed by atoms with Crippen LogP contribution in [0.5, 0.6) is 0 Å². The van der Waals surface area contributed by atoms with Gasteiger partial charge in [0.05, 0.1) is 6.54 Å². The van der Waals surface area contributed by atoms with E-state index in [2.05, 4.69) is 15.8 Å². The molecule has 2 atom stereocenters. The molecule has 172 valence electrons. The Morgan fingerprint density at radius 2 is 1.81 bits per heavy atom. The monoisotopic (exact) mass is 441 g/mol. The molecule has 0 bridgehead atoms. The van der Waals surface area contributed by atoms with Crippen LogP contribution in [0.4, 0.5) is 5.82 Å². The quantitative estimate of drug-likeness (QED) is 0.648. The van der Waals surface area contributed by atoms with Gasteiger partial charge in [0.25, 0.3) is 5.91 Å². The Morgan fingerprint density at radius 1 is 1.12 bits per heavy atom. The minimum atomic E-state index is -0.585. The van der Waals surface area contributed by atoms with Crippen LogP contribution < -0.4 is 10.6 Å². The number of carbonyl (C=O) groups excluding carboxylic acids is 3. The summed E-state index contributed by atoms with van der Waals surface area (Å²) in [6.07, 6.45) is 0.771. The Bertz CT molecular complexity index is 921. The molecule has 9 heteroatoms. The lowest BCUT2D eigenvalue weighted by Gasteiger charge is -2.37. The van der Waals surface area contributed by atoms with Crippen molar-refractivity contribution in [1.29, 1.82) is 0 Å². The van der Waals surface area contributed by atoms with Crippen LogP contribution in [-0.4, -0.2) is 71.4 Å². The fraction of sp³-hybridized carbons (Fsp3) is 0.478. The molecule has 1 aliphatic heterocycles. The van der Waals surface area contributed by atoms with E-state index in [-0.39, 0.29) is 30.2 Å². The van der Waals surface area contributed by atoms with Crippen LogP contribution in [0.3, 0.4) is 0 Å². The highest BCUT2D eigenvalue weighted by Gasteiger charge is 2.32. The van der Waals surface area contributed by atoms with Gasteiger partial charge in [-0.3, -0.25) is 19.3 Å². The smallest absolute Gasteiger partial charge is 0.251 e. The number of hydrogen-bond acceptors (Lipinski definition) is 6. The topological polar surface area (TPSA) is 108 Å². The van der Waals surface area contributed by atoms with Crippen LogP contribution in [0.1, 0.15) is 36.4 Å². The SMILES string of the molecule is CC[C@H](C)[C@H](NC(=O)c1ccccc1)C(=O)N1CCN(CC(=O)Nc2cc(C)on2)CC1. The summed E-state index contributed by atoms with van der Waals surface area (Å²) in [7, 11) is 0. The standard InChI is InChI=1S/C23H31N5O4/c1-4-16(2)21(25-22(30)18-8-6-5-7-9-18)23(31)28-12-10-27(11-13-28)15-20(29)24-19-14-17(3)32-26-19/h5-9,14,16,21H,4,10-13,15H2,1-3H3,(H,25,30)(H,24,26,29)/t16-,21-/m0/s1. The van der Waals surface area contributed by atoms with E-state index >= 15 is 0 Å². The summed E-state index contributed by atoms with van der Waals surface area (Å²) in [5.41, 5.74) is 0.534. The second-order valence-electron chi connectivity index (χ2n) is 8.18. The van der Waals surface area contributed by atoms with E-state index in [0.29, 0.717) is 43.3 Å². The Morgan fingerprint density at radius 3 is 2.41 bits per heavy atom. The molecule has 0 radical (unpaired) electrons. The van der Waals surface area contributed by atoms with Gasteiger partial charge in [-0.2, -0.15) is 0 Å². The first kappa shape index (κ1) is 23.5. The van der Waals surface area contributed by atoms with Gasteiger partial charge in [-0.1, -0.05) is 43.6 Å². The molecular weight excluding hydrogens is 410 g/mol. The van der Waals surface area contributed by atoms with Gasteiger partial charge in [0.1, 0.15) is 11.8 Å². The lowest BCUT2D eigenvalue weighted by atomic mass is 9.97. The predicted octanol–water partition coefficient (Wildman–Crippen LogP) is 1.91. The third kappa shape index (κ3) is 6.16. The van der Waals surface area contributed by atoms with Crippen molar-refractivity contribution in [2.45, 2.75) is 33.2 Å². The normalized spacial score (nSPS) is 16.3. The van der Waals surface area contributed by atoms with Gasteiger partial charge >= 0.3 is 0 Å². The summed E-state index contributed by atoms with van der Waals surface area (Å²) < 4.78 is 4.95. The van der Waals surface area contributed by atoms with Gasteiger partial charge in [-0.15, -0.1) is 0 Å². The number of aryl methyl sites for hydroxylation is 1. The zero-order valence-electron chi connectivity index (χ0n) is 18.8. The number of piperazine rings is 1. The van der Waals surface area contributed by atoms with Crippen molar-refractivity contribution >= 4 is 23.5 Å². The fourth-order valence-corrected chi connectivity index (χ4v) is 3.63. The van der Waals surface area contributed by atoms with Crippen LogP contribution in [0.15, 0.2) is 40.9 Å². The van der Waals surface area contributed by atoms with Crippen LogP contribution in [-0.2, 0) is 9.59 Å². The summed E-state index contributed by atoms with van der Waals surface area (Å²) in [4.78, 5) is 41.9. The highest BCUT2D eigenvalue weighted by molar-refractivity contribution is 5.97. The lowest BCUT2D eigenvalue weighted by molar-refractivity contribution is -0.136. The maximum atomic E-state index is 13.2. The molecule has 2 N–H and O–H groups in total. The lowest BCUT2D eigenvalue weighted by Crippen LogP contribution is -2.57. The van der Waals surface area contributed by atoms with E-state index in [1.165, 1.54) is 0 Å². The first-order valence-corrected chi connectivity index (χ1v) is 11.0. The maximum Gasteiger partial charge on any atom is 0.251 e. The molecule has 1 aromatic heterocycles. The molecule has 0 aliphatic carbocycles. The minimum absolute atomic E-state index is 0.00452. The number of nitrogens with zero attached hydrogens (tertiary/aromatic N) is 3. The number of rotatable bonds is 8. The van der Waals surface area contributed by atoms with Gasteiger partial charge in [-0.25, -0.2) is 0 Å². The Labute approximate surface area is 188 Å². The minimum Gasteiger partial charge on any atom is -0.360 e. The number of benzene rings is 1. The summed E-state index contributed by atoms with van der Waals surface area (Å²) in [6, 6.07) is 9.99. The molecule has 1 aromatic carbocycles. The average molecular weight is 442 g/mol. The summed E-state index contributed by atoms with van der Waals surface area (Å²) in [5.74, 6) is 0.526. The van der Waals surface area contributed by atoms with Crippen LogP contribution in [0.25, 0.3) is 0 Å². The van der Waals surface area contributed by atoms with E-state index in [1.807, 2.05) is 24.8 Å². The summed E-state index contributed by atoms with van der Waals surface area (Å²) in [6.45, 7) is 8.12. The van der Waals surface area contributed by atoms with E-state index in [9.17, 15) is 14.4 Å². The average Bonchev–Trinajstić information content (AvgIpc) is 3.21. The number of amides is 3. The number of anilines is 1. The molecule has 3 amide bonds. The van der Waals surface area contributed by atoms with E-state index in [4.69, 9.17) is 4.52 Å². The van der Waals surface area contributed by atoms with E-state index < -0.39 is 6.04 Å². The van der Waals surface area contributed by atoms with Crippen molar-refractivity contribution in [1.82, 2.24) is 20.3 Å². The van der Waals surface area contributed by atoms with Gasteiger partial charge < -0.3 is 20.1 Å². The van der Waals surface area contributed by atoms with Crippen LogP contribution in [0, 0.1) is 12.8 Å². The van der Waals surface area contributed by atoms with Gasteiger partial charge in [0, 0.05) is 37.8 Å². The van der Waals surface area contributed by atoms with Crippen molar-refractivity contribution in [2.75, 3.05) is 38.0 Å². The van der Waals surface area contributed by atoms with Crippen molar-refractivity contribution in [3.8, 4) is 0 Å². The first-order chi connectivity index (χ1) is 15.4. The van der Waals surface area contributed by atoms with E-state index in [0.717, 1.165) is 6.42 Å². The fourth-order valence-electron chi connectivity index (χ4n) is 3.63. The van der Waals surface area contributed by atoms with E-state index in [1.54, 1.807) is 42.2 Å². The van der Waals surface area contributed by atoms with Crippen LogP contribution >= 0.6 is 0 Å². The molecule has 2 heterocycles. The van der Waals surface area contributed by atoms with Crippen molar-refractivity contribution < 1.29 is 18.9 Å². The number of aromatic nitrogens is 1. The largest absolute Gasteiger partial charge is 0.360 e. The van der Waals surface area contributed by atoms with Crippen LogP contribution in [0.2, 0.25) is 0 Å². The third-order valence-corrected chi connectivity index (χ3v) is 5.75. The molecule has 2 aromatic rings. The maximum absolute atomic E-state index is 13.2. The van der Waals surface area contributed by atoms with Crippen molar-refractivity contribution in [2.24, 2.45) is 5.92 Å². The number of nitrogens with one attached hydrogen (secondary N) is 2. The third-order valence-electron chi connectivity index (χ3n) is 5.75. The molecule has 9 nitrogen and oxygen atoms in total. The molecular formula is C23H31N5O4. The Hall–Kier alpha value is -3.20. The molecule has 1 saturated heterocycles. The summed E-state index contributed by atoms with van der Waals surface area (Å²) >= 11 is 0. The first-order valence-electron chi connectivity index (χ1n) is 11.0. The molecule has 32 heavy (non-hydrogen) atoms. The van der Waals surface area contributed by atoms with Gasteiger partial charge in [0.2, 0.25) is 11.8 Å². The second kappa shape index (κ2) is 10.9. The van der Waals surface area contributed by atoms with Gasteiger partial charge in [0.15, 0.2) is 5.82 Å². The molecule has 0 saturated carbocycles. The highest BCUT2D eigenvalue weighted by Crippen LogP contribution is 2.14. The Kier molecular flexibility index (Phi) is 7.99. The molecule has 1 fully saturated rings. The number of carbonyl (C=O) groups is 3. The molecule has 3 rings (SSSR count). The van der Waals surface area contributed by atoms with Crippen molar-refractivity contribution in [3.63, 3.8) is 0 Å². The predicted molar refractivity (Wildman–Crippen MR) is 120 cm³/mol. The zero-order valence-corrected chi connectivity index (χ0v) is 18.8. The molecule has 0 unspecified atom stereocenters. The van der Waals surface area contributed by atoms with Gasteiger partial charge in [-0.05, 0) is 25.0 Å².